The van der Waals surface area contributed by atoms with Gasteiger partial charge in [-0.1, -0.05) is 12.1 Å². The molecule has 0 amide bonds. The molecule has 2 rings (SSSR count). The lowest BCUT2D eigenvalue weighted by atomic mass is 10.1. The van der Waals surface area contributed by atoms with Crippen LogP contribution in [0.4, 0.5) is 0 Å². The quantitative estimate of drug-likeness (QED) is 0.853. The minimum absolute atomic E-state index is 0.0286. The van der Waals surface area contributed by atoms with Crippen molar-refractivity contribution in [1.29, 1.82) is 0 Å². The minimum Gasteiger partial charge on any atom is -0.348 e. The van der Waals surface area contributed by atoms with Crippen LogP contribution in [-0.4, -0.2) is 51.9 Å². The van der Waals surface area contributed by atoms with Crippen LogP contribution in [0.1, 0.15) is 32.4 Å². The maximum atomic E-state index is 12.1. The van der Waals surface area contributed by atoms with E-state index in [0.717, 1.165) is 5.56 Å². The van der Waals surface area contributed by atoms with Gasteiger partial charge in [0.1, 0.15) is 0 Å². The fraction of sp³-hybridized carbons (Fsp3) is 0.625. The first-order valence-corrected chi connectivity index (χ1v) is 9.13. The Labute approximate surface area is 138 Å². The third-order valence-electron chi connectivity index (χ3n) is 3.88. The number of ether oxygens (including phenoxy) is 2. The Bertz CT molecular complexity index is 626. The van der Waals surface area contributed by atoms with Crippen molar-refractivity contribution in [3.8, 4) is 0 Å². The van der Waals surface area contributed by atoms with Crippen LogP contribution >= 0.6 is 0 Å². The van der Waals surface area contributed by atoms with Crippen LogP contribution < -0.4 is 5.32 Å². The molecule has 1 saturated heterocycles. The highest BCUT2D eigenvalue weighted by molar-refractivity contribution is 7.89. The normalized spacial score (nSPS) is 22.4. The number of hydrogen-bond acceptors (Lipinski definition) is 5. The van der Waals surface area contributed by atoms with Crippen LogP contribution in [0.3, 0.4) is 0 Å². The summed E-state index contributed by atoms with van der Waals surface area (Å²) in [5, 5.41) is 3.39. The van der Waals surface area contributed by atoms with E-state index in [1.54, 1.807) is 12.1 Å². The maximum absolute atomic E-state index is 12.1. The van der Waals surface area contributed by atoms with Crippen molar-refractivity contribution in [1.82, 2.24) is 9.62 Å². The smallest absolute Gasteiger partial charge is 0.242 e. The molecular formula is C16H26N2O4S. The monoisotopic (exact) mass is 342 g/mol. The Balaban J connectivity index is 1.94. The van der Waals surface area contributed by atoms with Gasteiger partial charge in [0.2, 0.25) is 10.0 Å². The third kappa shape index (κ3) is 4.51. The first kappa shape index (κ1) is 18.4. The van der Waals surface area contributed by atoms with E-state index in [0.29, 0.717) is 18.0 Å². The molecule has 23 heavy (non-hydrogen) atoms. The van der Waals surface area contributed by atoms with Crippen molar-refractivity contribution in [2.24, 2.45) is 0 Å². The number of hydrogen-bond donors (Lipinski definition) is 1. The summed E-state index contributed by atoms with van der Waals surface area (Å²) in [4.78, 5) is 0.299. The summed E-state index contributed by atoms with van der Waals surface area (Å²) in [6.45, 7) is 7.10. The lowest BCUT2D eigenvalue weighted by Crippen LogP contribution is -2.32. The Morgan fingerprint density at radius 2 is 1.91 bits per heavy atom. The molecule has 130 valence electrons. The summed E-state index contributed by atoms with van der Waals surface area (Å²) in [7, 11) is -0.329. The predicted molar refractivity (Wildman–Crippen MR) is 88.6 cm³/mol. The van der Waals surface area contributed by atoms with E-state index in [9.17, 15) is 8.42 Å². The fourth-order valence-electron chi connectivity index (χ4n) is 2.43. The van der Waals surface area contributed by atoms with E-state index in [-0.39, 0.29) is 12.1 Å². The summed E-state index contributed by atoms with van der Waals surface area (Å²) < 4.78 is 36.6. The highest BCUT2D eigenvalue weighted by Crippen LogP contribution is 2.23. The molecule has 1 N–H and O–H groups in total. The summed E-state index contributed by atoms with van der Waals surface area (Å²) in [5.74, 6) is -0.516. The topological polar surface area (TPSA) is 67.9 Å². The second kappa shape index (κ2) is 6.86. The molecule has 1 aliphatic heterocycles. The highest BCUT2D eigenvalue weighted by atomic mass is 32.2. The van der Waals surface area contributed by atoms with Crippen LogP contribution in [-0.2, 0) is 19.5 Å². The number of rotatable bonds is 6. The second-order valence-corrected chi connectivity index (χ2v) is 8.59. The molecule has 2 atom stereocenters. The number of nitrogens with one attached hydrogen (secondary N) is 1. The molecule has 0 spiro atoms. The van der Waals surface area contributed by atoms with Gasteiger partial charge >= 0.3 is 0 Å². The van der Waals surface area contributed by atoms with Crippen molar-refractivity contribution in [2.45, 2.75) is 43.6 Å². The molecule has 1 heterocycles. The van der Waals surface area contributed by atoms with E-state index in [4.69, 9.17) is 9.47 Å². The highest BCUT2D eigenvalue weighted by Gasteiger charge is 2.32. The Morgan fingerprint density at radius 3 is 2.39 bits per heavy atom. The molecule has 1 aromatic carbocycles. The molecule has 0 saturated carbocycles. The predicted octanol–water partition coefficient (Wildman–Crippen LogP) is 1.74. The molecule has 1 aromatic rings. The first-order valence-electron chi connectivity index (χ1n) is 7.69. The van der Waals surface area contributed by atoms with E-state index in [1.165, 1.54) is 18.4 Å². The van der Waals surface area contributed by atoms with Crippen LogP contribution in [0.25, 0.3) is 0 Å². The van der Waals surface area contributed by atoms with Crippen molar-refractivity contribution in [2.75, 3.05) is 27.2 Å². The Hall–Kier alpha value is -0.990. The van der Waals surface area contributed by atoms with Gasteiger partial charge in [0.15, 0.2) is 5.79 Å². The van der Waals surface area contributed by atoms with Crippen LogP contribution in [0, 0.1) is 0 Å². The first-order chi connectivity index (χ1) is 10.6. The van der Waals surface area contributed by atoms with Crippen molar-refractivity contribution in [3.05, 3.63) is 29.8 Å². The standard InChI is InChI=1S/C16H26N2O4S/c1-12(17-10-14-11-21-16(2,3)22-14)13-6-8-15(9-7-13)23(19,20)18(4)5/h6-9,12,14,17H,10-11H2,1-5H3/t12-,14-/m0/s1. The van der Waals surface area contributed by atoms with Gasteiger partial charge < -0.3 is 14.8 Å². The summed E-state index contributed by atoms with van der Waals surface area (Å²) in [6.07, 6.45) is 0.0286. The Morgan fingerprint density at radius 1 is 1.30 bits per heavy atom. The SMILES string of the molecule is C[C@H](NC[C@H]1COC(C)(C)O1)c1ccc(S(=O)(=O)N(C)C)cc1. The van der Waals surface area contributed by atoms with Crippen LogP contribution in [0.2, 0.25) is 0 Å². The lowest BCUT2D eigenvalue weighted by Gasteiger charge is -2.20. The summed E-state index contributed by atoms with van der Waals surface area (Å²) in [6, 6.07) is 7.05. The number of nitrogens with zero attached hydrogens (tertiary/aromatic N) is 1. The maximum Gasteiger partial charge on any atom is 0.242 e. The third-order valence-corrected chi connectivity index (χ3v) is 5.71. The molecule has 7 heteroatoms. The minimum atomic E-state index is -3.38. The van der Waals surface area contributed by atoms with Crippen LogP contribution in [0.5, 0.6) is 0 Å². The fourth-order valence-corrected chi connectivity index (χ4v) is 3.33. The van der Waals surface area contributed by atoms with E-state index < -0.39 is 15.8 Å². The molecular weight excluding hydrogens is 316 g/mol. The molecule has 0 bridgehead atoms. The number of benzene rings is 1. The van der Waals surface area contributed by atoms with Gasteiger partial charge in [0.05, 0.1) is 17.6 Å². The van der Waals surface area contributed by atoms with Gasteiger partial charge in [0, 0.05) is 26.7 Å². The van der Waals surface area contributed by atoms with Gasteiger partial charge in [-0.2, -0.15) is 0 Å². The zero-order valence-electron chi connectivity index (χ0n) is 14.4. The van der Waals surface area contributed by atoms with Crippen molar-refractivity contribution >= 4 is 10.0 Å². The zero-order valence-corrected chi connectivity index (χ0v) is 15.2. The molecule has 0 aliphatic carbocycles. The van der Waals surface area contributed by atoms with Crippen molar-refractivity contribution < 1.29 is 17.9 Å². The van der Waals surface area contributed by atoms with Gasteiger partial charge in [-0.15, -0.1) is 0 Å². The molecule has 6 nitrogen and oxygen atoms in total. The van der Waals surface area contributed by atoms with Gasteiger partial charge in [-0.05, 0) is 38.5 Å². The van der Waals surface area contributed by atoms with Gasteiger partial charge in [-0.3, -0.25) is 0 Å². The molecule has 0 radical (unpaired) electrons. The molecule has 1 aliphatic rings. The van der Waals surface area contributed by atoms with E-state index in [2.05, 4.69) is 5.32 Å². The molecule has 0 aromatic heterocycles. The summed E-state index contributed by atoms with van der Waals surface area (Å²) >= 11 is 0. The number of sulfonamides is 1. The van der Waals surface area contributed by atoms with Gasteiger partial charge in [-0.25, -0.2) is 12.7 Å². The van der Waals surface area contributed by atoms with Crippen molar-refractivity contribution in [3.63, 3.8) is 0 Å². The molecule has 0 unspecified atom stereocenters. The average Bonchev–Trinajstić information content (AvgIpc) is 2.84. The van der Waals surface area contributed by atoms with Gasteiger partial charge in [0.25, 0.3) is 0 Å². The average molecular weight is 342 g/mol. The zero-order chi connectivity index (χ0) is 17.3. The van der Waals surface area contributed by atoms with Crippen LogP contribution in [0.15, 0.2) is 29.2 Å². The van der Waals surface area contributed by atoms with E-state index in [1.807, 2.05) is 32.9 Å². The Kier molecular flexibility index (Phi) is 5.48. The summed E-state index contributed by atoms with van der Waals surface area (Å²) in [5.41, 5.74) is 1.03. The molecule has 1 fully saturated rings. The lowest BCUT2D eigenvalue weighted by molar-refractivity contribution is -0.137. The largest absolute Gasteiger partial charge is 0.348 e. The van der Waals surface area contributed by atoms with E-state index >= 15 is 0 Å². The second-order valence-electron chi connectivity index (χ2n) is 6.44.